The maximum absolute atomic E-state index is 11.7. The summed E-state index contributed by atoms with van der Waals surface area (Å²) in [5, 5.41) is 0. The number of cyclic esters (lactones) is 1. The van der Waals surface area contributed by atoms with Crippen molar-refractivity contribution in [3.8, 4) is 0 Å². The van der Waals surface area contributed by atoms with Crippen LogP contribution in [0.5, 0.6) is 0 Å². The number of carbonyl (C=O) groups is 2. The van der Waals surface area contributed by atoms with Crippen LogP contribution >= 0.6 is 0 Å². The van der Waals surface area contributed by atoms with Gasteiger partial charge in [0.25, 0.3) is 0 Å². The zero-order chi connectivity index (χ0) is 15.3. The van der Waals surface area contributed by atoms with Gasteiger partial charge in [-0.3, -0.25) is 9.59 Å². The molecular formula is C14H24O6. The highest BCUT2D eigenvalue weighted by Gasteiger charge is 2.41. The summed E-state index contributed by atoms with van der Waals surface area (Å²) in [4.78, 5) is 23.2. The van der Waals surface area contributed by atoms with Crippen LogP contribution in [0.3, 0.4) is 0 Å². The van der Waals surface area contributed by atoms with Crippen LogP contribution in [0.4, 0.5) is 0 Å². The van der Waals surface area contributed by atoms with Crippen LogP contribution in [-0.2, 0) is 28.5 Å². The molecule has 1 saturated heterocycles. The molecule has 0 aromatic heterocycles. The summed E-state index contributed by atoms with van der Waals surface area (Å²) in [6, 6.07) is 0. The number of hydrogen-bond acceptors (Lipinski definition) is 6. The second-order valence-corrected chi connectivity index (χ2v) is 5.25. The number of ether oxygens (including phenoxy) is 4. The van der Waals surface area contributed by atoms with E-state index in [-0.39, 0.29) is 29.9 Å². The summed E-state index contributed by atoms with van der Waals surface area (Å²) >= 11 is 0. The van der Waals surface area contributed by atoms with Gasteiger partial charge in [-0.25, -0.2) is 0 Å². The smallest absolute Gasteiger partial charge is 0.309 e. The van der Waals surface area contributed by atoms with Crippen molar-refractivity contribution in [1.29, 1.82) is 0 Å². The molecule has 5 atom stereocenters. The fourth-order valence-electron chi connectivity index (χ4n) is 2.46. The highest BCUT2D eigenvalue weighted by molar-refractivity contribution is 5.73. The molecule has 0 unspecified atom stereocenters. The molecule has 0 radical (unpaired) electrons. The lowest BCUT2D eigenvalue weighted by Crippen LogP contribution is -2.49. The number of esters is 2. The molecule has 0 bridgehead atoms. The van der Waals surface area contributed by atoms with Crippen molar-refractivity contribution >= 4 is 11.9 Å². The average molecular weight is 288 g/mol. The van der Waals surface area contributed by atoms with E-state index in [1.807, 2.05) is 6.92 Å². The summed E-state index contributed by atoms with van der Waals surface area (Å²) in [5.74, 6) is -1.08. The molecule has 1 rings (SSSR count). The molecule has 116 valence electrons. The largest absolute Gasteiger partial charge is 0.469 e. The minimum atomic E-state index is -0.499. The quantitative estimate of drug-likeness (QED) is 0.683. The Morgan fingerprint density at radius 1 is 1.40 bits per heavy atom. The van der Waals surface area contributed by atoms with E-state index in [9.17, 15) is 9.59 Å². The zero-order valence-electron chi connectivity index (χ0n) is 12.8. The Morgan fingerprint density at radius 3 is 2.55 bits per heavy atom. The molecule has 0 aliphatic carbocycles. The van der Waals surface area contributed by atoms with Crippen LogP contribution in [0, 0.1) is 11.8 Å². The third-order valence-electron chi connectivity index (χ3n) is 3.77. The van der Waals surface area contributed by atoms with E-state index in [1.165, 1.54) is 14.2 Å². The summed E-state index contributed by atoms with van der Waals surface area (Å²) in [6.07, 6.45) is -0.120. The molecule has 1 aliphatic heterocycles. The second-order valence-electron chi connectivity index (χ2n) is 5.25. The lowest BCUT2D eigenvalue weighted by atomic mass is 9.90. The lowest BCUT2D eigenvalue weighted by molar-refractivity contribution is -0.190. The molecule has 20 heavy (non-hydrogen) atoms. The van der Waals surface area contributed by atoms with Crippen LogP contribution in [-0.4, -0.2) is 51.6 Å². The minimum Gasteiger partial charge on any atom is -0.469 e. The van der Waals surface area contributed by atoms with E-state index in [1.54, 1.807) is 14.0 Å². The first-order chi connectivity index (χ1) is 9.44. The molecule has 0 saturated carbocycles. The Kier molecular flexibility index (Phi) is 6.42. The lowest BCUT2D eigenvalue weighted by Gasteiger charge is -2.37. The van der Waals surface area contributed by atoms with Crippen molar-refractivity contribution in [2.75, 3.05) is 21.3 Å². The van der Waals surface area contributed by atoms with Crippen molar-refractivity contribution in [3.05, 3.63) is 0 Å². The molecular weight excluding hydrogens is 264 g/mol. The summed E-state index contributed by atoms with van der Waals surface area (Å²) in [5.41, 5.74) is 0. The molecule has 0 aromatic carbocycles. The third-order valence-corrected chi connectivity index (χ3v) is 3.77. The van der Waals surface area contributed by atoms with Gasteiger partial charge in [0.2, 0.25) is 0 Å². The van der Waals surface area contributed by atoms with E-state index >= 15 is 0 Å². The van der Waals surface area contributed by atoms with Crippen molar-refractivity contribution in [2.45, 2.75) is 45.0 Å². The van der Waals surface area contributed by atoms with Gasteiger partial charge in [-0.15, -0.1) is 0 Å². The van der Waals surface area contributed by atoms with Gasteiger partial charge in [0.05, 0.1) is 31.2 Å². The predicted molar refractivity (Wildman–Crippen MR) is 71.1 cm³/mol. The first-order valence-electron chi connectivity index (χ1n) is 6.78. The molecule has 6 nitrogen and oxygen atoms in total. The van der Waals surface area contributed by atoms with Crippen molar-refractivity contribution in [1.82, 2.24) is 0 Å². The second kappa shape index (κ2) is 7.59. The van der Waals surface area contributed by atoms with Crippen LogP contribution in [0.25, 0.3) is 0 Å². The standard InChI is InChI=1S/C14H24O6/c1-8(13(15)19-5)6-10(17-3)12-11(18-4)7-9(2)14(16)20-12/h8-12H,6-7H2,1-5H3/t8-,9-,10+,11+,12-/m1/s1. The highest BCUT2D eigenvalue weighted by Crippen LogP contribution is 2.28. The van der Waals surface area contributed by atoms with Gasteiger partial charge in [0.1, 0.15) is 0 Å². The fraction of sp³-hybridized carbons (Fsp3) is 0.857. The maximum atomic E-state index is 11.7. The predicted octanol–water partition coefficient (Wildman–Crippen LogP) is 1.17. The molecule has 1 aliphatic rings. The average Bonchev–Trinajstić information content (AvgIpc) is 2.45. The molecule has 0 spiro atoms. The topological polar surface area (TPSA) is 71.1 Å². The van der Waals surface area contributed by atoms with Crippen LogP contribution in [0.2, 0.25) is 0 Å². The summed E-state index contributed by atoms with van der Waals surface area (Å²) < 4.78 is 20.9. The van der Waals surface area contributed by atoms with Crippen LogP contribution < -0.4 is 0 Å². The van der Waals surface area contributed by atoms with Crippen molar-refractivity contribution < 1.29 is 28.5 Å². The Bertz CT molecular complexity index is 343. The third kappa shape index (κ3) is 3.93. The van der Waals surface area contributed by atoms with Crippen molar-refractivity contribution in [2.24, 2.45) is 11.8 Å². The number of rotatable bonds is 6. The fourth-order valence-corrected chi connectivity index (χ4v) is 2.46. The summed E-state index contributed by atoms with van der Waals surface area (Å²) in [6.45, 7) is 3.57. The Hall–Kier alpha value is -1.14. The van der Waals surface area contributed by atoms with Crippen LogP contribution in [0.15, 0.2) is 0 Å². The molecule has 0 N–H and O–H groups in total. The maximum Gasteiger partial charge on any atom is 0.309 e. The minimum absolute atomic E-state index is 0.188. The molecule has 1 fully saturated rings. The van der Waals surface area contributed by atoms with Gasteiger partial charge < -0.3 is 18.9 Å². The molecule has 6 heteroatoms. The van der Waals surface area contributed by atoms with Gasteiger partial charge in [-0.2, -0.15) is 0 Å². The molecule has 0 aromatic rings. The highest BCUT2D eigenvalue weighted by atomic mass is 16.6. The van der Waals surface area contributed by atoms with Gasteiger partial charge in [-0.05, 0) is 12.8 Å². The van der Waals surface area contributed by atoms with Gasteiger partial charge >= 0.3 is 11.9 Å². The van der Waals surface area contributed by atoms with E-state index in [2.05, 4.69) is 0 Å². The number of carbonyl (C=O) groups excluding carboxylic acids is 2. The first-order valence-corrected chi connectivity index (χ1v) is 6.78. The van der Waals surface area contributed by atoms with E-state index in [0.29, 0.717) is 12.8 Å². The Balaban J connectivity index is 2.76. The zero-order valence-corrected chi connectivity index (χ0v) is 12.8. The Morgan fingerprint density at radius 2 is 2.05 bits per heavy atom. The van der Waals surface area contributed by atoms with Gasteiger partial charge in [0, 0.05) is 14.2 Å². The summed E-state index contributed by atoms with van der Waals surface area (Å²) in [7, 11) is 4.47. The Labute approximate surface area is 119 Å². The van der Waals surface area contributed by atoms with Crippen LogP contribution in [0.1, 0.15) is 26.7 Å². The SMILES string of the molecule is COC(=O)[C@H](C)C[C@H](OC)[C@H]1OC(=O)[C@H](C)C[C@@H]1OC. The number of hydrogen-bond donors (Lipinski definition) is 0. The first kappa shape index (κ1) is 16.9. The van der Waals surface area contributed by atoms with E-state index in [0.717, 1.165) is 0 Å². The monoisotopic (exact) mass is 288 g/mol. The van der Waals surface area contributed by atoms with E-state index < -0.39 is 12.2 Å². The van der Waals surface area contributed by atoms with E-state index in [4.69, 9.17) is 18.9 Å². The van der Waals surface area contributed by atoms with Gasteiger partial charge in [0.15, 0.2) is 6.10 Å². The normalized spacial score (nSPS) is 29.4. The number of methoxy groups -OCH3 is 3. The molecule has 0 amide bonds. The van der Waals surface area contributed by atoms with Gasteiger partial charge in [-0.1, -0.05) is 13.8 Å². The molecule has 1 heterocycles. The van der Waals surface area contributed by atoms with Crippen molar-refractivity contribution in [3.63, 3.8) is 0 Å².